The Morgan fingerprint density at radius 1 is 1.41 bits per heavy atom. The zero-order valence-corrected chi connectivity index (χ0v) is 9.67. The summed E-state index contributed by atoms with van der Waals surface area (Å²) in [5.74, 6) is -0.310. The van der Waals surface area contributed by atoms with Gasteiger partial charge in [-0.05, 0) is 11.1 Å². The molecular formula is C12H13NO4. The third-order valence-electron chi connectivity index (χ3n) is 2.22. The summed E-state index contributed by atoms with van der Waals surface area (Å²) in [4.78, 5) is 21.0. The minimum Gasteiger partial charge on any atom is -0.469 e. The fourth-order valence-electron chi connectivity index (χ4n) is 1.26. The maximum atomic E-state index is 11.0. The first-order valence-corrected chi connectivity index (χ1v) is 5.01. The Hall–Kier alpha value is -2.17. The van der Waals surface area contributed by atoms with E-state index in [-0.39, 0.29) is 18.1 Å². The van der Waals surface area contributed by atoms with Crippen molar-refractivity contribution in [3.8, 4) is 0 Å². The van der Waals surface area contributed by atoms with Crippen molar-refractivity contribution in [3.63, 3.8) is 0 Å². The Kier molecular flexibility index (Phi) is 4.39. The Morgan fingerprint density at radius 3 is 2.47 bits per heavy atom. The van der Waals surface area contributed by atoms with Crippen LogP contribution in [0.25, 0.3) is 6.08 Å². The minimum absolute atomic E-state index is 0.0747. The van der Waals surface area contributed by atoms with Crippen LogP contribution >= 0.6 is 0 Å². The number of nitro groups is 1. The minimum atomic E-state index is -0.442. The molecule has 0 aliphatic rings. The van der Waals surface area contributed by atoms with E-state index >= 15 is 0 Å². The summed E-state index contributed by atoms with van der Waals surface area (Å²) < 4.78 is 4.54. The number of hydrogen-bond acceptors (Lipinski definition) is 4. The molecule has 0 spiro atoms. The smallest absolute Gasteiger partial charge is 0.309 e. The molecule has 1 aromatic rings. The Morgan fingerprint density at radius 2 is 2.00 bits per heavy atom. The second kappa shape index (κ2) is 5.79. The van der Waals surface area contributed by atoms with Crippen molar-refractivity contribution >= 4 is 12.0 Å². The second-order valence-electron chi connectivity index (χ2n) is 3.54. The Balaban J connectivity index is 2.78. The quantitative estimate of drug-likeness (QED) is 0.455. The first-order chi connectivity index (χ1) is 8.02. The van der Waals surface area contributed by atoms with Crippen LogP contribution in [0.1, 0.15) is 18.1 Å². The summed E-state index contributed by atoms with van der Waals surface area (Å²) in [6.07, 6.45) is 1.68. The van der Waals surface area contributed by atoms with Gasteiger partial charge in [0.15, 0.2) is 0 Å². The summed E-state index contributed by atoms with van der Waals surface area (Å²) >= 11 is 0. The number of allylic oxidation sites excluding steroid dienone is 1. The van der Waals surface area contributed by atoms with Gasteiger partial charge in [-0.3, -0.25) is 14.9 Å². The van der Waals surface area contributed by atoms with Crippen LogP contribution in [0.3, 0.4) is 0 Å². The fraction of sp³-hybridized carbons (Fsp3) is 0.250. The molecular weight excluding hydrogens is 222 g/mol. The van der Waals surface area contributed by atoms with E-state index in [1.807, 2.05) is 0 Å². The number of esters is 1. The molecule has 0 atom stereocenters. The van der Waals surface area contributed by atoms with Gasteiger partial charge in [-0.15, -0.1) is 0 Å². The number of methoxy groups -OCH3 is 1. The molecule has 0 aliphatic carbocycles. The van der Waals surface area contributed by atoms with Crippen LogP contribution in [0.15, 0.2) is 30.0 Å². The van der Waals surface area contributed by atoms with Gasteiger partial charge in [0.1, 0.15) is 0 Å². The maximum Gasteiger partial charge on any atom is 0.309 e. The highest BCUT2D eigenvalue weighted by Gasteiger charge is 2.04. The average Bonchev–Trinajstić information content (AvgIpc) is 2.31. The van der Waals surface area contributed by atoms with Crippen LogP contribution in [-0.4, -0.2) is 18.0 Å². The lowest BCUT2D eigenvalue weighted by Crippen LogP contribution is -2.04. The monoisotopic (exact) mass is 235 g/mol. The first kappa shape index (κ1) is 12.9. The molecule has 90 valence electrons. The van der Waals surface area contributed by atoms with E-state index in [9.17, 15) is 14.9 Å². The van der Waals surface area contributed by atoms with E-state index in [1.165, 1.54) is 20.1 Å². The largest absolute Gasteiger partial charge is 0.469 e. The van der Waals surface area contributed by atoms with Gasteiger partial charge < -0.3 is 4.74 Å². The normalized spacial score (nSPS) is 11.1. The molecule has 1 aromatic carbocycles. The summed E-state index contributed by atoms with van der Waals surface area (Å²) in [6.45, 7) is 1.43. The lowest BCUT2D eigenvalue weighted by Gasteiger charge is -2.00. The van der Waals surface area contributed by atoms with Crippen LogP contribution in [0.2, 0.25) is 0 Å². The van der Waals surface area contributed by atoms with E-state index in [1.54, 1.807) is 24.3 Å². The highest BCUT2D eigenvalue weighted by molar-refractivity contribution is 5.72. The standard InChI is InChI=1S/C12H13NO4/c1-9(13(15)16)7-10-3-5-11(6-4-10)8-12(14)17-2/h3-7H,8H2,1-2H3/b9-7+. The average molecular weight is 235 g/mol. The molecule has 0 radical (unpaired) electrons. The van der Waals surface area contributed by atoms with Crippen molar-refractivity contribution in [2.24, 2.45) is 0 Å². The van der Waals surface area contributed by atoms with Crippen molar-refractivity contribution in [3.05, 3.63) is 51.2 Å². The molecule has 0 aromatic heterocycles. The molecule has 0 saturated carbocycles. The van der Waals surface area contributed by atoms with Crippen molar-refractivity contribution < 1.29 is 14.5 Å². The third kappa shape index (κ3) is 4.06. The lowest BCUT2D eigenvalue weighted by molar-refractivity contribution is -0.422. The topological polar surface area (TPSA) is 69.4 Å². The molecule has 5 heteroatoms. The molecule has 1 rings (SSSR count). The van der Waals surface area contributed by atoms with Gasteiger partial charge in [0, 0.05) is 13.0 Å². The van der Waals surface area contributed by atoms with Crippen molar-refractivity contribution in [1.29, 1.82) is 0 Å². The van der Waals surface area contributed by atoms with Crippen molar-refractivity contribution in [2.45, 2.75) is 13.3 Å². The van der Waals surface area contributed by atoms with Gasteiger partial charge >= 0.3 is 5.97 Å². The fourth-order valence-corrected chi connectivity index (χ4v) is 1.26. The van der Waals surface area contributed by atoms with Gasteiger partial charge in [-0.1, -0.05) is 24.3 Å². The summed E-state index contributed by atoms with van der Waals surface area (Å²) in [6, 6.07) is 6.95. The van der Waals surface area contributed by atoms with Crippen LogP contribution in [0.5, 0.6) is 0 Å². The number of nitrogens with zero attached hydrogens (tertiary/aromatic N) is 1. The van der Waals surface area contributed by atoms with Crippen LogP contribution in [-0.2, 0) is 16.0 Å². The van der Waals surface area contributed by atoms with Gasteiger partial charge in [0.2, 0.25) is 5.70 Å². The number of ether oxygens (including phenoxy) is 1. The number of carbonyl (C=O) groups excluding carboxylic acids is 1. The Labute approximate surface area is 98.9 Å². The summed E-state index contributed by atoms with van der Waals surface area (Å²) in [5, 5.41) is 10.4. The maximum absolute atomic E-state index is 11.0. The first-order valence-electron chi connectivity index (χ1n) is 5.01. The summed E-state index contributed by atoms with van der Waals surface area (Å²) in [5.41, 5.74) is 1.62. The van der Waals surface area contributed by atoms with E-state index in [2.05, 4.69) is 4.74 Å². The predicted octanol–water partition coefficient (Wildman–Crippen LogP) is 2.04. The SMILES string of the molecule is COC(=O)Cc1ccc(/C=C(\C)[N+](=O)[O-])cc1. The van der Waals surface area contributed by atoms with Crippen molar-refractivity contribution in [2.75, 3.05) is 7.11 Å². The lowest BCUT2D eigenvalue weighted by atomic mass is 10.1. The zero-order chi connectivity index (χ0) is 12.8. The van der Waals surface area contributed by atoms with Crippen LogP contribution < -0.4 is 0 Å². The second-order valence-corrected chi connectivity index (χ2v) is 3.54. The van der Waals surface area contributed by atoms with Gasteiger partial charge in [0.25, 0.3) is 0 Å². The number of carbonyl (C=O) groups is 1. The highest BCUT2D eigenvalue weighted by atomic mass is 16.6. The van der Waals surface area contributed by atoms with E-state index < -0.39 is 4.92 Å². The van der Waals surface area contributed by atoms with E-state index in [0.717, 1.165) is 11.1 Å². The van der Waals surface area contributed by atoms with Gasteiger partial charge in [0.05, 0.1) is 18.5 Å². The highest BCUT2D eigenvalue weighted by Crippen LogP contribution is 2.10. The molecule has 0 N–H and O–H groups in total. The molecule has 0 amide bonds. The molecule has 17 heavy (non-hydrogen) atoms. The molecule has 0 heterocycles. The van der Waals surface area contributed by atoms with Gasteiger partial charge in [-0.25, -0.2) is 0 Å². The van der Waals surface area contributed by atoms with Crippen molar-refractivity contribution in [1.82, 2.24) is 0 Å². The van der Waals surface area contributed by atoms with Crippen LogP contribution in [0.4, 0.5) is 0 Å². The molecule has 0 unspecified atom stereocenters. The molecule has 5 nitrogen and oxygen atoms in total. The number of hydrogen-bond donors (Lipinski definition) is 0. The Bertz CT molecular complexity index is 448. The molecule has 0 fully saturated rings. The van der Waals surface area contributed by atoms with Gasteiger partial charge in [-0.2, -0.15) is 0 Å². The number of benzene rings is 1. The zero-order valence-electron chi connectivity index (χ0n) is 9.67. The third-order valence-corrected chi connectivity index (χ3v) is 2.22. The van der Waals surface area contributed by atoms with E-state index in [0.29, 0.717) is 0 Å². The molecule has 0 saturated heterocycles. The van der Waals surface area contributed by atoms with Crippen LogP contribution in [0, 0.1) is 10.1 Å². The summed E-state index contributed by atoms with van der Waals surface area (Å²) in [7, 11) is 1.33. The molecule has 0 bridgehead atoms. The number of rotatable bonds is 4. The predicted molar refractivity (Wildman–Crippen MR) is 62.8 cm³/mol. The molecule has 0 aliphatic heterocycles. The van der Waals surface area contributed by atoms with E-state index in [4.69, 9.17) is 0 Å².